The van der Waals surface area contributed by atoms with Crippen LogP contribution < -0.4 is 20.1 Å². The van der Waals surface area contributed by atoms with Crippen molar-refractivity contribution in [3.8, 4) is 11.5 Å². The van der Waals surface area contributed by atoms with Gasteiger partial charge in [0.25, 0.3) is 5.91 Å². The van der Waals surface area contributed by atoms with Gasteiger partial charge in [0.05, 0.1) is 34.2 Å². The van der Waals surface area contributed by atoms with Crippen molar-refractivity contribution in [2.45, 2.75) is 30.2 Å². The van der Waals surface area contributed by atoms with E-state index in [1.54, 1.807) is 36.4 Å². The Morgan fingerprint density at radius 3 is 2.39 bits per heavy atom. The number of thioether (sulfide) groups is 1. The van der Waals surface area contributed by atoms with Crippen LogP contribution >= 0.6 is 58.2 Å². The van der Waals surface area contributed by atoms with E-state index in [0.29, 0.717) is 63.2 Å². The number of nitrogens with one attached hydrogen (secondary N) is 2. The smallest absolute Gasteiger partial charge is 0.322 e. The Kier molecular flexibility index (Phi) is 7.31. The molecule has 7 rings (SSSR count). The van der Waals surface area contributed by atoms with E-state index in [-0.39, 0.29) is 23.2 Å². The molecule has 212 valence electrons. The number of hydrogen-bond donors (Lipinski definition) is 2. The van der Waals surface area contributed by atoms with Crippen LogP contribution in [0.4, 0.5) is 4.79 Å². The van der Waals surface area contributed by atoms with Gasteiger partial charge in [0.1, 0.15) is 11.5 Å². The molecule has 4 heterocycles. The van der Waals surface area contributed by atoms with Crippen LogP contribution in [0.5, 0.6) is 11.5 Å². The van der Waals surface area contributed by atoms with Crippen molar-refractivity contribution in [2.75, 3.05) is 13.2 Å². The van der Waals surface area contributed by atoms with Gasteiger partial charge in [0.2, 0.25) is 0 Å². The van der Waals surface area contributed by atoms with E-state index < -0.39 is 22.9 Å². The summed E-state index contributed by atoms with van der Waals surface area (Å²) in [5.41, 5.74) is -0.419. The molecular formula is C28H20Cl4N2O6S. The van der Waals surface area contributed by atoms with Crippen LogP contribution in [0.15, 0.2) is 47.4 Å². The fraction of sp³-hybridized carbons (Fsp3) is 0.286. The normalized spacial score (nSPS) is 27.4. The minimum Gasteiger partial charge on any atom is -0.493 e. The second kappa shape index (κ2) is 10.5. The molecule has 2 spiro atoms. The van der Waals surface area contributed by atoms with Gasteiger partial charge in [-0.25, -0.2) is 4.79 Å². The van der Waals surface area contributed by atoms with Crippen LogP contribution in [-0.2, 0) is 25.3 Å². The van der Waals surface area contributed by atoms with Crippen molar-refractivity contribution < 1.29 is 28.7 Å². The molecule has 2 N–H and O–H groups in total. The van der Waals surface area contributed by atoms with Crippen molar-refractivity contribution in [1.29, 1.82) is 0 Å². The molecule has 2 aromatic rings. The van der Waals surface area contributed by atoms with Crippen LogP contribution in [0.25, 0.3) is 0 Å². The zero-order valence-electron chi connectivity index (χ0n) is 21.0. The van der Waals surface area contributed by atoms with Gasteiger partial charge in [-0.15, -0.1) is 0 Å². The highest BCUT2D eigenvalue weighted by atomic mass is 35.5. The molecule has 41 heavy (non-hydrogen) atoms. The van der Waals surface area contributed by atoms with E-state index in [1.807, 2.05) is 6.08 Å². The van der Waals surface area contributed by atoms with Crippen molar-refractivity contribution in [1.82, 2.24) is 10.6 Å². The summed E-state index contributed by atoms with van der Waals surface area (Å²) in [7, 11) is 0. The van der Waals surface area contributed by atoms with Gasteiger partial charge >= 0.3 is 6.03 Å². The molecule has 4 aliphatic heterocycles. The third kappa shape index (κ3) is 4.72. The lowest BCUT2D eigenvalue weighted by atomic mass is 9.62. The van der Waals surface area contributed by atoms with E-state index >= 15 is 0 Å². The Labute approximate surface area is 258 Å². The molecule has 5 aliphatic rings. The van der Waals surface area contributed by atoms with Crippen LogP contribution in [-0.4, -0.2) is 36.1 Å². The second-order valence-corrected chi connectivity index (χ2v) is 12.9. The lowest BCUT2D eigenvalue weighted by Gasteiger charge is -2.47. The lowest BCUT2D eigenvalue weighted by Crippen LogP contribution is -2.48. The largest absolute Gasteiger partial charge is 0.493 e. The molecule has 2 saturated heterocycles. The number of ether oxygens (including phenoxy) is 2. The second-order valence-electron chi connectivity index (χ2n) is 10.1. The maximum atomic E-state index is 12.6. The summed E-state index contributed by atoms with van der Waals surface area (Å²) in [6.07, 6.45) is 6.37. The number of allylic oxidation sites excluding steroid dienone is 4. The zero-order valence-corrected chi connectivity index (χ0v) is 24.9. The number of ketones is 1. The Morgan fingerprint density at radius 2 is 1.63 bits per heavy atom. The number of fused-ring (bicyclic) bond motifs is 6. The van der Waals surface area contributed by atoms with Gasteiger partial charge in [-0.2, -0.15) is 0 Å². The number of carbonyl (C=O) groups excluding carboxylic acids is 4. The predicted octanol–water partition coefficient (Wildman–Crippen LogP) is 6.13. The summed E-state index contributed by atoms with van der Waals surface area (Å²) < 4.78 is 11.2. The predicted molar refractivity (Wildman–Crippen MR) is 156 cm³/mol. The molecule has 0 aromatic heterocycles. The van der Waals surface area contributed by atoms with Crippen molar-refractivity contribution >= 4 is 81.0 Å². The molecule has 0 saturated carbocycles. The molecule has 3 atom stereocenters. The number of rotatable bonds is 0. The highest BCUT2D eigenvalue weighted by Gasteiger charge is 2.54. The first-order chi connectivity index (χ1) is 19.5. The summed E-state index contributed by atoms with van der Waals surface area (Å²) in [4.78, 5) is 49.1. The quantitative estimate of drug-likeness (QED) is 0.329. The minimum absolute atomic E-state index is 0.0199. The van der Waals surface area contributed by atoms with E-state index in [1.165, 1.54) is 11.8 Å². The molecule has 8 nitrogen and oxygen atoms in total. The number of imide groups is 1. The van der Waals surface area contributed by atoms with Gasteiger partial charge in [-0.3, -0.25) is 19.7 Å². The number of urea groups is 1. The first kappa shape index (κ1) is 28.4. The highest BCUT2D eigenvalue weighted by molar-refractivity contribution is 8.17. The van der Waals surface area contributed by atoms with Gasteiger partial charge in [0.15, 0.2) is 16.4 Å². The Balaban J connectivity index is 0.000000152. The fourth-order valence-corrected chi connectivity index (χ4v) is 8.12. The van der Waals surface area contributed by atoms with Gasteiger partial charge < -0.3 is 14.8 Å². The summed E-state index contributed by atoms with van der Waals surface area (Å²) in [5, 5.41) is 6.48. The van der Waals surface area contributed by atoms with E-state index in [2.05, 4.69) is 10.6 Å². The zero-order chi connectivity index (χ0) is 29.1. The molecule has 0 bridgehead atoms. The van der Waals surface area contributed by atoms with Crippen molar-refractivity contribution in [2.24, 2.45) is 5.92 Å². The SMILES string of the molecule is O=C1CC2(CCOc3c(Cl)cc(Cl)cc32)C2C(=O)C=CC=C2S1.O=C1NC(=O)C2(CCOc3cc(Cl)c(Cl)cc32)N1. The van der Waals surface area contributed by atoms with E-state index in [9.17, 15) is 19.2 Å². The monoisotopic (exact) mass is 652 g/mol. The maximum Gasteiger partial charge on any atom is 0.322 e. The average Bonchev–Trinajstić information content (AvgIpc) is 3.19. The highest BCUT2D eigenvalue weighted by Crippen LogP contribution is 2.57. The lowest BCUT2D eigenvalue weighted by molar-refractivity contribution is -0.125. The summed E-state index contributed by atoms with van der Waals surface area (Å²) in [6.45, 7) is 0.742. The van der Waals surface area contributed by atoms with Gasteiger partial charge in [0, 0.05) is 45.4 Å². The Morgan fingerprint density at radius 1 is 0.878 bits per heavy atom. The third-order valence-corrected chi connectivity index (χ3v) is 10.0. The van der Waals surface area contributed by atoms with Crippen LogP contribution in [0.2, 0.25) is 20.1 Å². The number of amides is 3. The summed E-state index contributed by atoms with van der Waals surface area (Å²) in [5.74, 6) is 0.269. The average molecular weight is 654 g/mol. The molecule has 2 fully saturated rings. The molecule has 0 radical (unpaired) electrons. The number of benzene rings is 2. The Bertz CT molecular complexity index is 1610. The fourth-order valence-electron chi connectivity index (χ4n) is 6.05. The standard InChI is InChI=1S/C17H12Cl2O3S.C11H8Cl2N2O3/c18-9-6-10-16(11(19)7-9)22-5-4-17(10)8-14(21)23-13-3-1-2-12(20)15(13)17;12-6-3-5-8(4-7(6)13)18-2-1-11(5)9(16)14-10(17)15-11/h1-3,6-7,15H,4-5,8H2;3-4H,1-2H2,(H2,14,15,16,17). The maximum absolute atomic E-state index is 12.6. The number of carbonyl (C=O) groups is 4. The topological polar surface area (TPSA) is 111 Å². The third-order valence-electron chi connectivity index (χ3n) is 7.83. The molecule has 3 amide bonds. The molecular weight excluding hydrogens is 634 g/mol. The minimum atomic E-state index is -1.10. The molecule has 3 unspecified atom stereocenters. The first-order valence-corrected chi connectivity index (χ1v) is 14.9. The van der Waals surface area contributed by atoms with Gasteiger partial charge in [-0.1, -0.05) is 70.3 Å². The van der Waals surface area contributed by atoms with Crippen LogP contribution in [0.3, 0.4) is 0 Å². The molecule has 1 aliphatic carbocycles. The van der Waals surface area contributed by atoms with E-state index in [0.717, 1.165) is 10.5 Å². The summed E-state index contributed by atoms with van der Waals surface area (Å²) >= 11 is 25.5. The molecule has 2 aromatic carbocycles. The van der Waals surface area contributed by atoms with E-state index in [4.69, 9.17) is 55.9 Å². The van der Waals surface area contributed by atoms with Crippen LogP contribution in [0.1, 0.15) is 30.4 Å². The number of hydrogen-bond acceptors (Lipinski definition) is 7. The Hall–Kier alpha value is -2.69. The number of halogens is 4. The van der Waals surface area contributed by atoms with Crippen molar-refractivity contribution in [3.63, 3.8) is 0 Å². The van der Waals surface area contributed by atoms with Gasteiger partial charge in [-0.05, 0) is 30.7 Å². The summed E-state index contributed by atoms with van der Waals surface area (Å²) in [6, 6.07) is 6.01. The first-order valence-electron chi connectivity index (χ1n) is 12.5. The van der Waals surface area contributed by atoms with Crippen molar-refractivity contribution in [3.05, 3.63) is 78.6 Å². The van der Waals surface area contributed by atoms with Crippen LogP contribution in [0, 0.1) is 5.92 Å². The molecule has 13 heteroatoms.